The molecular formula is C11H13ClN2O3S. The quantitative estimate of drug-likeness (QED) is 0.819. The topological polar surface area (TPSA) is 80.5 Å². The predicted octanol–water partition coefficient (Wildman–Crippen LogP) is 0.425. The minimum absolute atomic E-state index is 0.138. The van der Waals surface area contributed by atoms with Crippen LogP contribution < -0.4 is 5.73 Å². The minimum Gasteiger partial charge on any atom is -0.368 e. The van der Waals surface area contributed by atoms with E-state index < -0.39 is 27.2 Å². The highest BCUT2D eigenvalue weighted by atomic mass is 35.5. The average molecular weight is 289 g/mol. The first kappa shape index (κ1) is 13.3. The summed E-state index contributed by atoms with van der Waals surface area (Å²) in [5, 5.41) is -0.557. The second kappa shape index (κ2) is 4.87. The number of hydrogen-bond donors (Lipinski definition) is 1. The number of nitrogens with two attached hydrogens (primary N) is 1. The van der Waals surface area contributed by atoms with E-state index in [1.807, 2.05) is 24.3 Å². The maximum Gasteiger partial charge on any atom is 0.236 e. The molecule has 1 aliphatic rings. The van der Waals surface area contributed by atoms with Crippen LogP contribution in [-0.2, 0) is 27.8 Å². The molecule has 1 aliphatic heterocycles. The van der Waals surface area contributed by atoms with Crippen molar-refractivity contribution in [1.82, 2.24) is 4.31 Å². The minimum atomic E-state index is -3.66. The molecule has 1 aromatic carbocycles. The van der Waals surface area contributed by atoms with Crippen molar-refractivity contribution in [2.24, 2.45) is 5.73 Å². The van der Waals surface area contributed by atoms with E-state index in [4.69, 9.17) is 17.3 Å². The van der Waals surface area contributed by atoms with Gasteiger partial charge in [-0.1, -0.05) is 24.3 Å². The SMILES string of the molecule is NC(=O)[C@@H]1Cc2ccccc2CN1S(=O)(=O)CCl. The largest absolute Gasteiger partial charge is 0.368 e. The van der Waals surface area contributed by atoms with Crippen LogP contribution in [0.1, 0.15) is 11.1 Å². The number of halogens is 1. The molecule has 0 aromatic heterocycles. The summed E-state index contributed by atoms with van der Waals surface area (Å²) < 4.78 is 24.8. The molecular weight excluding hydrogens is 276 g/mol. The lowest BCUT2D eigenvalue weighted by molar-refractivity contribution is -0.122. The number of rotatable bonds is 3. The van der Waals surface area contributed by atoms with Crippen LogP contribution in [0.15, 0.2) is 24.3 Å². The number of carbonyl (C=O) groups excluding carboxylic acids is 1. The van der Waals surface area contributed by atoms with Crippen molar-refractivity contribution < 1.29 is 13.2 Å². The van der Waals surface area contributed by atoms with Crippen molar-refractivity contribution in [2.45, 2.75) is 19.0 Å². The summed E-state index contributed by atoms with van der Waals surface area (Å²) in [6, 6.07) is 6.53. The molecule has 0 saturated heterocycles. The Morgan fingerprint density at radius 2 is 2.00 bits per heavy atom. The van der Waals surface area contributed by atoms with Crippen LogP contribution in [0.25, 0.3) is 0 Å². The van der Waals surface area contributed by atoms with Gasteiger partial charge in [0, 0.05) is 6.54 Å². The first-order chi connectivity index (χ1) is 8.45. The lowest BCUT2D eigenvalue weighted by atomic mass is 9.96. The van der Waals surface area contributed by atoms with Crippen molar-refractivity contribution >= 4 is 27.5 Å². The third-order valence-corrected chi connectivity index (χ3v) is 5.23. The number of benzene rings is 1. The number of amides is 1. The van der Waals surface area contributed by atoms with Gasteiger partial charge in [0.2, 0.25) is 15.9 Å². The zero-order chi connectivity index (χ0) is 13.3. The molecule has 1 atom stereocenters. The molecule has 0 bridgehead atoms. The second-order valence-electron chi connectivity index (χ2n) is 4.16. The predicted molar refractivity (Wildman–Crippen MR) is 68.3 cm³/mol. The van der Waals surface area contributed by atoms with Gasteiger partial charge in [-0.15, -0.1) is 11.6 Å². The Hall–Kier alpha value is -1.11. The molecule has 0 saturated carbocycles. The Balaban J connectivity index is 2.44. The van der Waals surface area contributed by atoms with Gasteiger partial charge in [-0.2, -0.15) is 4.31 Å². The van der Waals surface area contributed by atoms with Gasteiger partial charge in [-0.3, -0.25) is 4.79 Å². The summed E-state index contributed by atoms with van der Waals surface area (Å²) >= 11 is 5.44. The highest BCUT2D eigenvalue weighted by Crippen LogP contribution is 2.26. The maximum absolute atomic E-state index is 11.9. The van der Waals surface area contributed by atoms with Crippen LogP contribution in [0.3, 0.4) is 0 Å². The van der Waals surface area contributed by atoms with Crippen LogP contribution >= 0.6 is 11.6 Å². The smallest absolute Gasteiger partial charge is 0.236 e. The Bertz CT molecular complexity index is 573. The van der Waals surface area contributed by atoms with Crippen molar-refractivity contribution in [1.29, 1.82) is 0 Å². The van der Waals surface area contributed by atoms with Gasteiger partial charge in [0.05, 0.1) is 0 Å². The van der Waals surface area contributed by atoms with Gasteiger partial charge < -0.3 is 5.73 Å². The fourth-order valence-electron chi connectivity index (χ4n) is 2.10. The molecule has 2 N–H and O–H groups in total. The molecule has 5 nitrogen and oxygen atoms in total. The van der Waals surface area contributed by atoms with Gasteiger partial charge in [-0.05, 0) is 17.5 Å². The third-order valence-electron chi connectivity index (χ3n) is 3.03. The van der Waals surface area contributed by atoms with E-state index in [1.165, 1.54) is 0 Å². The molecule has 0 unspecified atom stereocenters. The zero-order valence-corrected chi connectivity index (χ0v) is 11.1. The molecule has 0 spiro atoms. The molecule has 1 aromatic rings. The molecule has 0 aliphatic carbocycles. The van der Waals surface area contributed by atoms with Crippen LogP contribution in [0, 0.1) is 0 Å². The van der Waals surface area contributed by atoms with E-state index in [2.05, 4.69) is 0 Å². The Morgan fingerprint density at radius 1 is 1.39 bits per heavy atom. The zero-order valence-electron chi connectivity index (χ0n) is 9.54. The average Bonchev–Trinajstić information content (AvgIpc) is 2.37. The lowest BCUT2D eigenvalue weighted by Crippen LogP contribution is -2.51. The number of primary amides is 1. The van der Waals surface area contributed by atoms with E-state index in [9.17, 15) is 13.2 Å². The summed E-state index contributed by atoms with van der Waals surface area (Å²) in [6.07, 6.45) is 0.293. The number of alkyl halides is 1. The third kappa shape index (κ3) is 2.36. The van der Waals surface area contributed by atoms with Crippen molar-refractivity contribution in [3.8, 4) is 0 Å². The summed E-state index contributed by atoms with van der Waals surface area (Å²) in [4.78, 5) is 11.4. The summed E-state index contributed by atoms with van der Waals surface area (Å²) in [7, 11) is -3.66. The van der Waals surface area contributed by atoms with Gasteiger partial charge in [0.15, 0.2) is 0 Å². The molecule has 18 heavy (non-hydrogen) atoms. The van der Waals surface area contributed by atoms with Gasteiger partial charge in [-0.25, -0.2) is 8.42 Å². The number of sulfonamides is 1. The Morgan fingerprint density at radius 3 is 2.56 bits per heavy atom. The lowest BCUT2D eigenvalue weighted by Gasteiger charge is -2.33. The summed E-state index contributed by atoms with van der Waals surface area (Å²) in [5.74, 6) is -0.654. The fraction of sp³-hybridized carbons (Fsp3) is 0.364. The Labute approximate surface area is 111 Å². The summed E-state index contributed by atoms with van der Waals surface area (Å²) in [6.45, 7) is 0.138. The highest BCUT2D eigenvalue weighted by molar-refractivity contribution is 7.90. The van der Waals surface area contributed by atoms with E-state index in [0.717, 1.165) is 15.4 Å². The van der Waals surface area contributed by atoms with Crippen molar-refractivity contribution in [2.75, 3.05) is 5.21 Å². The van der Waals surface area contributed by atoms with E-state index in [1.54, 1.807) is 0 Å². The first-order valence-electron chi connectivity index (χ1n) is 5.37. The van der Waals surface area contributed by atoms with Gasteiger partial charge in [0.1, 0.15) is 11.3 Å². The van der Waals surface area contributed by atoms with Crippen LogP contribution in [0.2, 0.25) is 0 Å². The van der Waals surface area contributed by atoms with E-state index in [-0.39, 0.29) is 6.54 Å². The molecule has 0 fully saturated rings. The van der Waals surface area contributed by atoms with Crippen LogP contribution in [0.5, 0.6) is 0 Å². The van der Waals surface area contributed by atoms with Crippen LogP contribution in [0.4, 0.5) is 0 Å². The Kier molecular flexibility index (Phi) is 3.61. The standard InChI is InChI=1S/C11H13ClN2O3S/c12-7-18(16,17)14-6-9-4-2-1-3-8(9)5-10(14)11(13)15/h1-4,10H,5-7H2,(H2,13,15)/t10-/m0/s1. The number of carbonyl (C=O) groups is 1. The van der Waals surface area contributed by atoms with E-state index in [0.29, 0.717) is 6.42 Å². The maximum atomic E-state index is 11.9. The van der Waals surface area contributed by atoms with Gasteiger partial charge >= 0.3 is 0 Å². The van der Waals surface area contributed by atoms with Gasteiger partial charge in [0.25, 0.3) is 0 Å². The molecule has 7 heteroatoms. The monoisotopic (exact) mass is 288 g/mol. The number of nitrogens with zero attached hydrogens (tertiary/aromatic N) is 1. The molecule has 0 radical (unpaired) electrons. The van der Waals surface area contributed by atoms with Crippen molar-refractivity contribution in [3.05, 3.63) is 35.4 Å². The number of hydrogen-bond acceptors (Lipinski definition) is 3. The number of fused-ring (bicyclic) bond motifs is 1. The molecule has 1 amide bonds. The molecule has 2 rings (SSSR count). The normalized spacial score (nSPS) is 20.4. The van der Waals surface area contributed by atoms with Crippen molar-refractivity contribution in [3.63, 3.8) is 0 Å². The summed E-state index contributed by atoms with van der Waals surface area (Å²) in [5.41, 5.74) is 7.10. The fourth-order valence-corrected chi connectivity index (χ4v) is 3.50. The molecule has 98 valence electrons. The second-order valence-corrected chi connectivity index (χ2v) is 6.66. The van der Waals surface area contributed by atoms with Crippen LogP contribution in [-0.4, -0.2) is 29.9 Å². The first-order valence-corrected chi connectivity index (χ1v) is 7.51. The van der Waals surface area contributed by atoms with E-state index >= 15 is 0 Å². The molecule has 1 heterocycles. The highest BCUT2D eigenvalue weighted by Gasteiger charge is 2.37.